The smallest absolute Gasteiger partial charge is 0.220 e. The molecule has 4 heteroatoms. The minimum absolute atomic E-state index is 0.128. The van der Waals surface area contributed by atoms with E-state index in [0.29, 0.717) is 12.3 Å². The Kier molecular flexibility index (Phi) is 5.45. The van der Waals surface area contributed by atoms with Gasteiger partial charge in [-0.3, -0.25) is 4.79 Å². The van der Waals surface area contributed by atoms with Crippen LogP contribution in [0.25, 0.3) is 0 Å². The number of carbonyl (C=O) groups is 1. The third-order valence-electron chi connectivity index (χ3n) is 3.67. The van der Waals surface area contributed by atoms with Crippen LogP contribution in [0.1, 0.15) is 38.4 Å². The summed E-state index contributed by atoms with van der Waals surface area (Å²) in [7, 11) is 0. The third-order valence-corrected chi connectivity index (χ3v) is 3.67. The molecule has 2 heterocycles. The molecule has 1 saturated heterocycles. The summed E-state index contributed by atoms with van der Waals surface area (Å²) in [6, 6.07) is 3.94. The topological polar surface area (TPSA) is 54.3 Å². The fourth-order valence-corrected chi connectivity index (χ4v) is 2.63. The molecule has 2 N–H and O–H groups in total. The van der Waals surface area contributed by atoms with Gasteiger partial charge in [0.2, 0.25) is 5.91 Å². The van der Waals surface area contributed by atoms with Gasteiger partial charge in [-0.15, -0.1) is 0 Å². The van der Waals surface area contributed by atoms with Crippen LogP contribution in [0, 0.1) is 5.92 Å². The van der Waals surface area contributed by atoms with Crippen LogP contribution in [0.5, 0.6) is 0 Å². The van der Waals surface area contributed by atoms with Gasteiger partial charge >= 0.3 is 0 Å². The molecule has 0 saturated carbocycles. The second kappa shape index (κ2) is 7.34. The minimum Gasteiger partial charge on any atom is -0.469 e. The Labute approximate surface area is 114 Å². The van der Waals surface area contributed by atoms with Gasteiger partial charge in [-0.1, -0.05) is 0 Å². The highest BCUT2D eigenvalue weighted by molar-refractivity contribution is 5.76. The number of hydrogen-bond donors (Lipinski definition) is 2. The highest BCUT2D eigenvalue weighted by atomic mass is 16.3. The summed E-state index contributed by atoms with van der Waals surface area (Å²) in [6.45, 7) is 4.21. The van der Waals surface area contributed by atoms with Crippen LogP contribution in [0.3, 0.4) is 0 Å². The maximum Gasteiger partial charge on any atom is 0.220 e. The summed E-state index contributed by atoms with van der Waals surface area (Å²) >= 11 is 0. The number of rotatable bonds is 6. The zero-order valence-electron chi connectivity index (χ0n) is 11.7. The van der Waals surface area contributed by atoms with E-state index < -0.39 is 0 Å². The van der Waals surface area contributed by atoms with Crippen LogP contribution in [-0.2, 0) is 11.2 Å². The van der Waals surface area contributed by atoms with E-state index in [4.69, 9.17) is 4.42 Å². The standard InChI is InChI=1S/C15H24N2O2/c1-12(10-14-5-3-9-19-14)17-15(18)7-6-13-4-2-8-16-11-13/h3,5,9,12-13,16H,2,4,6-8,10-11H2,1H3,(H,17,18). The van der Waals surface area contributed by atoms with E-state index in [0.717, 1.165) is 31.7 Å². The number of carbonyl (C=O) groups excluding carboxylic acids is 1. The van der Waals surface area contributed by atoms with Crippen molar-refractivity contribution in [3.8, 4) is 0 Å². The first kappa shape index (κ1) is 14.1. The van der Waals surface area contributed by atoms with Gasteiger partial charge in [-0.05, 0) is 57.3 Å². The second-order valence-corrected chi connectivity index (χ2v) is 5.50. The Hall–Kier alpha value is -1.29. The second-order valence-electron chi connectivity index (χ2n) is 5.50. The lowest BCUT2D eigenvalue weighted by atomic mass is 9.94. The van der Waals surface area contributed by atoms with Crippen LogP contribution >= 0.6 is 0 Å². The van der Waals surface area contributed by atoms with Crippen molar-refractivity contribution in [2.45, 2.75) is 45.1 Å². The number of amides is 1. The molecule has 1 amide bonds. The Morgan fingerprint density at radius 3 is 3.21 bits per heavy atom. The quantitative estimate of drug-likeness (QED) is 0.827. The third kappa shape index (κ3) is 5.07. The molecule has 1 fully saturated rings. The van der Waals surface area contributed by atoms with Gasteiger partial charge in [0.05, 0.1) is 6.26 Å². The molecule has 2 rings (SSSR count). The monoisotopic (exact) mass is 264 g/mol. The Balaban J connectivity index is 1.63. The Bertz CT molecular complexity index is 370. The molecule has 2 atom stereocenters. The van der Waals surface area contributed by atoms with Crippen LogP contribution in [-0.4, -0.2) is 25.0 Å². The first-order valence-corrected chi connectivity index (χ1v) is 7.26. The molecule has 1 aliphatic rings. The van der Waals surface area contributed by atoms with E-state index in [1.54, 1.807) is 6.26 Å². The van der Waals surface area contributed by atoms with Crippen molar-refractivity contribution < 1.29 is 9.21 Å². The molecule has 0 radical (unpaired) electrons. The van der Waals surface area contributed by atoms with E-state index in [-0.39, 0.29) is 11.9 Å². The lowest BCUT2D eigenvalue weighted by Gasteiger charge is -2.22. The molecule has 1 aromatic heterocycles. The van der Waals surface area contributed by atoms with E-state index in [1.165, 1.54) is 12.8 Å². The van der Waals surface area contributed by atoms with Gasteiger partial charge in [0, 0.05) is 18.9 Å². The van der Waals surface area contributed by atoms with E-state index >= 15 is 0 Å². The van der Waals surface area contributed by atoms with Crippen molar-refractivity contribution >= 4 is 5.91 Å². The molecule has 19 heavy (non-hydrogen) atoms. The summed E-state index contributed by atoms with van der Waals surface area (Å²) < 4.78 is 5.28. The SMILES string of the molecule is CC(Cc1ccco1)NC(=O)CCC1CCCNC1. The normalized spacial score (nSPS) is 21.0. The van der Waals surface area contributed by atoms with E-state index in [9.17, 15) is 4.79 Å². The minimum atomic E-state index is 0.128. The molecule has 4 nitrogen and oxygen atoms in total. The van der Waals surface area contributed by atoms with Crippen LogP contribution in [0.15, 0.2) is 22.8 Å². The molecule has 0 spiro atoms. The summed E-state index contributed by atoms with van der Waals surface area (Å²) in [6.07, 6.45) is 6.54. The molecule has 0 aliphatic carbocycles. The zero-order valence-corrected chi connectivity index (χ0v) is 11.7. The molecule has 1 aliphatic heterocycles. The largest absolute Gasteiger partial charge is 0.469 e. The predicted octanol–water partition coefficient (Wildman–Crippen LogP) is 2.11. The Morgan fingerprint density at radius 2 is 2.53 bits per heavy atom. The number of piperidine rings is 1. The number of hydrogen-bond acceptors (Lipinski definition) is 3. The highest BCUT2D eigenvalue weighted by Gasteiger charge is 2.15. The maximum absolute atomic E-state index is 11.9. The molecule has 0 bridgehead atoms. The molecule has 0 aromatic carbocycles. The fourth-order valence-electron chi connectivity index (χ4n) is 2.63. The average molecular weight is 264 g/mol. The van der Waals surface area contributed by atoms with Crippen LogP contribution < -0.4 is 10.6 Å². The zero-order chi connectivity index (χ0) is 13.5. The van der Waals surface area contributed by atoms with Gasteiger partial charge in [-0.2, -0.15) is 0 Å². The first-order valence-electron chi connectivity index (χ1n) is 7.26. The van der Waals surface area contributed by atoms with Gasteiger partial charge in [0.1, 0.15) is 5.76 Å². The molecule has 2 unspecified atom stereocenters. The first-order chi connectivity index (χ1) is 9.24. The summed E-state index contributed by atoms with van der Waals surface area (Å²) in [5.74, 6) is 1.74. The van der Waals surface area contributed by atoms with Crippen molar-refractivity contribution in [2.75, 3.05) is 13.1 Å². The van der Waals surface area contributed by atoms with Crippen LogP contribution in [0.2, 0.25) is 0 Å². The summed E-state index contributed by atoms with van der Waals surface area (Å²) in [4.78, 5) is 11.9. The van der Waals surface area contributed by atoms with Crippen molar-refractivity contribution in [3.05, 3.63) is 24.2 Å². The highest BCUT2D eigenvalue weighted by Crippen LogP contribution is 2.15. The molecular weight excluding hydrogens is 240 g/mol. The van der Waals surface area contributed by atoms with Crippen molar-refractivity contribution in [1.29, 1.82) is 0 Å². The van der Waals surface area contributed by atoms with Gasteiger partial charge < -0.3 is 15.1 Å². The van der Waals surface area contributed by atoms with Crippen molar-refractivity contribution in [2.24, 2.45) is 5.92 Å². The number of nitrogens with one attached hydrogen (secondary N) is 2. The maximum atomic E-state index is 11.9. The molecule has 106 valence electrons. The van der Waals surface area contributed by atoms with Crippen molar-refractivity contribution in [3.63, 3.8) is 0 Å². The molecule has 1 aromatic rings. The van der Waals surface area contributed by atoms with E-state index in [1.807, 2.05) is 19.1 Å². The van der Waals surface area contributed by atoms with Gasteiger partial charge in [0.15, 0.2) is 0 Å². The predicted molar refractivity (Wildman–Crippen MR) is 74.8 cm³/mol. The van der Waals surface area contributed by atoms with Crippen molar-refractivity contribution in [1.82, 2.24) is 10.6 Å². The molecular formula is C15H24N2O2. The average Bonchev–Trinajstić information content (AvgIpc) is 2.90. The lowest BCUT2D eigenvalue weighted by Crippen LogP contribution is -2.35. The lowest BCUT2D eigenvalue weighted by molar-refractivity contribution is -0.122. The van der Waals surface area contributed by atoms with E-state index in [2.05, 4.69) is 10.6 Å². The summed E-state index contributed by atoms with van der Waals surface area (Å²) in [5, 5.41) is 6.42. The van der Waals surface area contributed by atoms with Gasteiger partial charge in [-0.25, -0.2) is 0 Å². The number of furan rings is 1. The Morgan fingerprint density at radius 1 is 1.63 bits per heavy atom. The summed E-state index contributed by atoms with van der Waals surface area (Å²) in [5.41, 5.74) is 0. The fraction of sp³-hybridized carbons (Fsp3) is 0.667. The van der Waals surface area contributed by atoms with Gasteiger partial charge in [0.25, 0.3) is 0 Å². The van der Waals surface area contributed by atoms with Crippen LogP contribution in [0.4, 0.5) is 0 Å².